The van der Waals surface area contributed by atoms with Crippen LogP contribution in [0.5, 0.6) is 0 Å². The Balaban J connectivity index is 1.26. The number of carbonyl (C=O) groups is 5. The molecule has 0 spiro atoms. The van der Waals surface area contributed by atoms with E-state index >= 15 is 0 Å². The number of nitrogens with one attached hydrogen (secondary N) is 1. The topological polar surface area (TPSA) is 130 Å². The number of ketones is 1. The predicted octanol–water partition coefficient (Wildman–Crippen LogP) is 7.51. The lowest BCUT2D eigenvalue weighted by atomic mass is 9.33. The highest BCUT2D eigenvalue weighted by atomic mass is 16.5. The summed E-state index contributed by atoms with van der Waals surface area (Å²) in [6, 6.07) is 0. The highest BCUT2D eigenvalue weighted by molar-refractivity contribution is 6.02. The first-order chi connectivity index (χ1) is 24.0. The molecule has 0 aromatic rings. The Morgan fingerprint density at radius 2 is 1.54 bits per heavy atom. The minimum atomic E-state index is -1.17. The van der Waals surface area contributed by atoms with Crippen LogP contribution in [-0.4, -0.2) is 64.3 Å². The monoisotopic (exact) mass is 722 g/mol. The first-order valence-electron chi connectivity index (χ1n) is 20.3. The van der Waals surface area contributed by atoms with E-state index in [9.17, 15) is 29.1 Å². The van der Waals surface area contributed by atoms with Crippen molar-refractivity contribution in [1.29, 1.82) is 0 Å². The third kappa shape index (κ3) is 5.88. The molecule has 9 heteroatoms. The Kier molecular flexibility index (Phi) is 9.72. The number of aliphatic carboxylic acids is 1. The molecule has 0 aromatic heterocycles. The Labute approximate surface area is 311 Å². The fraction of sp³-hybridized carbons (Fsp3) is 0.837. The molecule has 5 aliphatic carbocycles. The molecule has 6 rings (SSSR count). The third-order valence-corrected chi connectivity index (χ3v) is 16.5. The van der Waals surface area contributed by atoms with Gasteiger partial charge in [-0.05, 0) is 129 Å². The highest BCUT2D eigenvalue weighted by Crippen LogP contribution is 2.76. The quantitative estimate of drug-likeness (QED) is 0.260. The molecule has 6 aliphatic rings. The van der Waals surface area contributed by atoms with Gasteiger partial charge in [-0.15, -0.1) is 0 Å². The van der Waals surface area contributed by atoms with Gasteiger partial charge in [0.25, 0.3) is 0 Å². The zero-order chi connectivity index (χ0) is 38.4. The molecule has 0 unspecified atom stereocenters. The van der Waals surface area contributed by atoms with Crippen molar-refractivity contribution in [3.63, 3.8) is 0 Å². The van der Waals surface area contributed by atoms with Crippen LogP contribution in [0.3, 0.4) is 0 Å². The number of piperidine rings is 1. The van der Waals surface area contributed by atoms with Crippen LogP contribution in [0.1, 0.15) is 146 Å². The molecule has 0 radical (unpaired) electrons. The number of Topliss-reactive ketones (excluding diaryl/α,β-unsaturated/α-hetero) is 1. The number of esters is 1. The number of allylic oxidation sites excluding steroid dienone is 1. The summed E-state index contributed by atoms with van der Waals surface area (Å²) in [4.78, 5) is 66.7. The minimum absolute atomic E-state index is 0.0304. The number of fused-ring (bicyclic) bond motifs is 7. The number of carbonyl (C=O) groups excluding carboxylic acids is 4. The molecule has 9 nitrogen and oxygen atoms in total. The Bertz CT molecular complexity index is 1550. The number of hydrogen-bond acceptors (Lipinski definition) is 6. The summed E-state index contributed by atoms with van der Waals surface area (Å²) in [6.45, 7) is 22.3. The smallest absolute Gasteiger partial charge is 0.309 e. The number of ether oxygens (including phenoxy) is 1. The van der Waals surface area contributed by atoms with Crippen molar-refractivity contribution >= 4 is 29.5 Å². The van der Waals surface area contributed by atoms with Crippen molar-refractivity contribution in [2.24, 2.45) is 56.7 Å². The molecule has 5 fully saturated rings. The van der Waals surface area contributed by atoms with Gasteiger partial charge in [0.15, 0.2) is 5.78 Å². The van der Waals surface area contributed by atoms with Gasteiger partial charge in [-0.1, -0.05) is 48.5 Å². The maximum Gasteiger partial charge on any atom is 0.309 e. The minimum Gasteiger partial charge on any atom is -0.481 e. The third-order valence-electron chi connectivity index (χ3n) is 16.5. The van der Waals surface area contributed by atoms with E-state index in [-0.39, 0.29) is 69.5 Å². The molecule has 8 atom stereocenters. The van der Waals surface area contributed by atoms with Crippen molar-refractivity contribution in [3.05, 3.63) is 11.1 Å². The SMILES string of the molecule is CC(=O)N1CCC(C(=O)N[C@@]23CC[C@]4(C)[C@H](CC[C@@H]5[C@@]6(C)CC[C@H](OC(=O)CC(C)(C)C(=O)O)C(C)(C)[C@@H]6CC[C@]54C)C2=C(C(C)C)C(=O)C3)CC1. The Hall–Kier alpha value is -2.71. The highest BCUT2D eigenvalue weighted by Gasteiger charge is 2.70. The van der Waals surface area contributed by atoms with E-state index in [1.165, 1.54) is 5.57 Å². The van der Waals surface area contributed by atoms with Crippen LogP contribution in [-0.2, 0) is 28.7 Å². The zero-order valence-corrected chi connectivity index (χ0v) is 33.7. The molecule has 2 amide bonds. The van der Waals surface area contributed by atoms with Gasteiger partial charge in [-0.2, -0.15) is 0 Å². The number of amides is 2. The van der Waals surface area contributed by atoms with Gasteiger partial charge in [-0.25, -0.2) is 0 Å². The van der Waals surface area contributed by atoms with Gasteiger partial charge in [0.1, 0.15) is 6.10 Å². The fourth-order valence-corrected chi connectivity index (χ4v) is 13.4. The van der Waals surface area contributed by atoms with E-state index in [0.29, 0.717) is 44.2 Å². The summed E-state index contributed by atoms with van der Waals surface area (Å²) in [5, 5.41) is 13.2. The van der Waals surface area contributed by atoms with Crippen LogP contribution in [0.4, 0.5) is 0 Å². The van der Waals surface area contributed by atoms with Crippen molar-refractivity contribution < 1.29 is 33.8 Å². The summed E-state index contributed by atoms with van der Waals surface area (Å²) in [6.07, 6.45) is 8.88. The van der Waals surface area contributed by atoms with Gasteiger partial charge >= 0.3 is 11.9 Å². The Morgan fingerprint density at radius 1 is 0.885 bits per heavy atom. The molecule has 1 aliphatic heterocycles. The molecule has 52 heavy (non-hydrogen) atoms. The van der Waals surface area contributed by atoms with Crippen LogP contribution in [0.25, 0.3) is 0 Å². The van der Waals surface area contributed by atoms with Gasteiger partial charge in [-0.3, -0.25) is 24.0 Å². The van der Waals surface area contributed by atoms with E-state index in [4.69, 9.17) is 4.74 Å². The second-order valence-electron chi connectivity index (χ2n) is 20.3. The standard InChI is InChI=1S/C43H66N2O7/c1-25(2)34-29(47)23-43(44-36(49)27-15-21-45(22-16-27)26(3)46)20-19-41(9)28(35(34)43)11-12-31-40(8)17-14-32(52-33(48)24-38(4,5)37(50)51)39(6,7)30(40)13-18-42(31,41)10/h25,27-28,30-32H,11-24H2,1-10H3,(H,44,49)(H,50,51)/t28-,30+,31-,32+,40+,41-,42-,43-/m1/s1. The largest absolute Gasteiger partial charge is 0.481 e. The average Bonchev–Trinajstić information content (AvgIpc) is 3.34. The van der Waals surface area contributed by atoms with Crippen molar-refractivity contribution in [2.75, 3.05) is 13.1 Å². The molecule has 290 valence electrons. The lowest BCUT2D eigenvalue weighted by molar-refractivity contribution is -0.232. The first-order valence-corrected chi connectivity index (χ1v) is 20.3. The molecule has 4 saturated carbocycles. The van der Waals surface area contributed by atoms with Gasteiger partial charge in [0.2, 0.25) is 11.8 Å². The van der Waals surface area contributed by atoms with Gasteiger partial charge in [0, 0.05) is 37.8 Å². The molecular weight excluding hydrogens is 656 g/mol. The average molecular weight is 723 g/mol. The summed E-state index contributed by atoms with van der Waals surface area (Å²) in [5.41, 5.74) is 0.179. The lowest BCUT2D eigenvalue weighted by Crippen LogP contribution is -2.67. The lowest BCUT2D eigenvalue weighted by Gasteiger charge is -2.72. The number of rotatable bonds is 7. The zero-order valence-electron chi connectivity index (χ0n) is 33.7. The van der Waals surface area contributed by atoms with Crippen LogP contribution in [0.2, 0.25) is 0 Å². The normalized spacial score (nSPS) is 38.9. The summed E-state index contributed by atoms with van der Waals surface area (Å²) in [7, 11) is 0. The maximum atomic E-state index is 14.0. The fourth-order valence-electron chi connectivity index (χ4n) is 13.4. The van der Waals surface area contributed by atoms with Crippen LogP contribution < -0.4 is 5.32 Å². The summed E-state index contributed by atoms with van der Waals surface area (Å²) < 4.78 is 6.16. The maximum absolute atomic E-state index is 14.0. The molecule has 0 aromatic carbocycles. The van der Waals surface area contributed by atoms with E-state index in [2.05, 4.69) is 53.8 Å². The molecular formula is C43H66N2O7. The predicted molar refractivity (Wildman–Crippen MR) is 199 cm³/mol. The molecule has 1 saturated heterocycles. The molecule has 0 bridgehead atoms. The number of carboxylic acids is 1. The van der Waals surface area contributed by atoms with E-state index in [1.54, 1.807) is 20.8 Å². The molecule has 1 heterocycles. The number of nitrogens with zero attached hydrogens (tertiary/aromatic N) is 1. The van der Waals surface area contributed by atoms with Crippen molar-refractivity contribution in [3.8, 4) is 0 Å². The second kappa shape index (κ2) is 13.0. The van der Waals surface area contributed by atoms with E-state index in [1.807, 2.05) is 4.90 Å². The summed E-state index contributed by atoms with van der Waals surface area (Å²) >= 11 is 0. The number of hydrogen-bond donors (Lipinski definition) is 2. The summed E-state index contributed by atoms with van der Waals surface area (Å²) in [5.74, 6) is -0.154. The van der Waals surface area contributed by atoms with Crippen LogP contribution in [0.15, 0.2) is 11.1 Å². The van der Waals surface area contributed by atoms with Crippen LogP contribution in [0, 0.1) is 56.7 Å². The van der Waals surface area contributed by atoms with E-state index < -0.39 is 22.9 Å². The van der Waals surface area contributed by atoms with Crippen LogP contribution >= 0.6 is 0 Å². The Morgan fingerprint density at radius 3 is 2.13 bits per heavy atom. The number of likely N-dealkylation sites (tertiary alicyclic amines) is 1. The van der Waals surface area contributed by atoms with Crippen molar-refractivity contribution in [1.82, 2.24) is 10.2 Å². The second-order valence-corrected chi connectivity index (χ2v) is 20.3. The van der Waals surface area contributed by atoms with Gasteiger partial charge in [0.05, 0.1) is 17.4 Å². The van der Waals surface area contributed by atoms with E-state index in [0.717, 1.165) is 56.9 Å². The molecule has 2 N–H and O–H groups in total. The number of carboxylic acid groups (broad SMARTS) is 1. The first kappa shape index (κ1) is 39.0. The van der Waals surface area contributed by atoms with Crippen molar-refractivity contribution in [2.45, 2.75) is 158 Å². The van der Waals surface area contributed by atoms with Gasteiger partial charge < -0.3 is 20.1 Å².